The van der Waals surface area contributed by atoms with Gasteiger partial charge in [0.25, 0.3) is 5.69 Å². The van der Waals surface area contributed by atoms with Gasteiger partial charge >= 0.3 is 0 Å². The van der Waals surface area contributed by atoms with Crippen molar-refractivity contribution < 1.29 is 9.34 Å². The van der Waals surface area contributed by atoms with Crippen LogP contribution in [0.25, 0.3) is 0 Å². The second-order valence-corrected chi connectivity index (χ2v) is 4.25. The van der Waals surface area contributed by atoms with E-state index in [9.17, 15) is 10.1 Å². The summed E-state index contributed by atoms with van der Waals surface area (Å²) >= 11 is 5.74. The highest BCUT2D eigenvalue weighted by Gasteiger charge is 2.14. The van der Waals surface area contributed by atoms with Gasteiger partial charge in [-0.2, -0.15) is 0 Å². The molecule has 5 nitrogen and oxygen atoms in total. The summed E-state index contributed by atoms with van der Waals surface area (Å²) in [6.07, 6.45) is 3.21. The molecule has 0 bridgehead atoms. The lowest BCUT2D eigenvalue weighted by atomic mass is 10.1. The van der Waals surface area contributed by atoms with Gasteiger partial charge in [-0.1, -0.05) is 11.6 Å². The van der Waals surface area contributed by atoms with Crippen LogP contribution in [-0.2, 0) is 0 Å². The van der Waals surface area contributed by atoms with Crippen molar-refractivity contribution in [2.45, 2.75) is 13.0 Å². The van der Waals surface area contributed by atoms with E-state index >= 15 is 0 Å². The van der Waals surface area contributed by atoms with Gasteiger partial charge in [-0.05, 0) is 25.1 Å². The van der Waals surface area contributed by atoms with Gasteiger partial charge in [-0.15, -0.1) is 0 Å². The molecule has 0 amide bonds. The second kappa shape index (κ2) is 5.10. The van der Waals surface area contributed by atoms with Crippen LogP contribution in [0.15, 0.2) is 41.2 Å². The predicted octanol–water partition coefficient (Wildman–Crippen LogP) is 4.01. The Hall–Kier alpha value is -2.01. The number of hydrogen-bond donors (Lipinski definition) is 1. The lowest BCUT2D eigenvalue weighted by Gasteiger charge is -2.13. The van der Waals surface area contributed by atoms with Crippen LogP contribution in [0.2, 0.25) is 5.02 Å². The third-order valence-corrected chi connectivity index (χ3v) is 2.89. The first-order chi connectivity index (χ1) is 8.58. The van der Waals surface area contributed by atoms with Crippen LogP contribution in [-0.4, -0.2) is 4.92 Å². The molecule has 1 unspecified atom stereocenters. The van der Waals surface area contributed by atoms with E-state index in [1.54, 1.807) is 18.6 Å². The Morgan fingerprint density at radius 2 is 2.22 bits per heavy atom. The summed E-state index contributed by atoms with van der Waals surface area (Å²) in [6.45, 7) is 1.94. The van der Waals surface area contributed by atoms with Crippen molar-refractivity contribution in [2.24, 2.45) is 0 Å². The summed E-state index contributed by atoms with van der Waals surface area (Å²) in [5.74, 6) is 0. The maximum Gasteiger partial charge on any atom is 0.289 e. The fourth-order valence-corrected chi connectivity index (χ4v) is 1.78. The first-order valence-electron chi connectivity index (χ1n) is 5.30. The number of nitrogens with one attached hydrogen (secondary N) is 1. The van der Waals surface area contributed by atoms with E-state index < -0.39 is 4.92 Å². The molecule has 0 aliphatic rings. The minimum Gasteiger partial charge on any atom is -0.472 e. The Morgan fingerprint density at radius 1 is 1.44 bits per heavy atom. The third-order valence-electron chi connectivity index (χ3n) is 2.57. The van der Waals surface area contributed by atoms with Gasteiger partial charge in [0.2, 0.25) is 0 Å². The normalized spacial score (nSPS) is 12.1. The van der Waals surface area contributed by atoms with Crippen molar-refractivity contribution in [3.05, 3.63) is 57.5 Å². The molecule has 1 aromatic carbocycles. The number of anilines is 1. The van der Waals surface area contributed by atoms with E-state index in [0.717, 1.165) is 5.56 Å². The van der Waals surface area contributed by atoms with Gasteiger partial charge in [0.15, 0.2) is 0 Å². The Bertz CT molecular complexity index is 554. The first kappa shape index (κ1) is 12.4. The van der Waals surface area contributed by atoms with Gasteiger partial charge < -0.3 is 9.73 Å². The zero-order chi connectivity index (χ0) is 13.1. The minimum absolute atomic E-state index is 0.00969. The minimum atomic E-state index is -0.504. The summed E-state index contributed by atoms with van der Waals surface area (Å²) in [5.41, 5.74) is 1.49. The topological polar surface area (TPSA) is 68.3 Å². The number of benzene rings is 1. The molecule has 0 aliphatic carbocycles. The van der Waals surface area contributed by atoms with Crippen molar-refractivity contribution in [3.63, 3.8) is 0 Å². The number of nitrogens with zero attached hydrogens (tertiary/aromatic N) is 1. The van der Waals surface area contributed by atoms with Crippen LogP contribution in [0.4, 0.5) is 11.4 Å². The summed E-state index contributed by atoms with van der Waals surface area (Å²) < 4.78 is 4.99. The van der Waals surface area contributed by atoms with E-state index in [2.05, 4.69) is 5.32 Å². The molecule has 2 rings (SSSR count). The highest BCUT2D eigenvalue weighted by Crippen LogP contribution is 2.29. The molecular formula is C12H11ClN2O3. The quantitative estimate of drug-likeness (QED) is 0.670. The van der Waals surface area contributed by atoms with Gasteiger partial charge in [0.05, 0.1) is 23.5 Å². The molecule has 1 atom stereocenters. The largest absolute Gasteiger partial charge is 0.472 e. The Balaban J connectivity index is 2.20. The van der Waals surface area contributed by atoms with E-state index in [1.807, 2.05) is 13.0 Å². The Morgan fingerprint density at radius 3 is 2.83 bits per heavy atom. The standard InChI is InChI=1S/C12H11ClN2O3/c1-8(9-4-5-18-7-9)14-10-2-3-11(13)12(6-10)15(16)17/h2-8,14H,1H3. The average Bonchev–Trinajstić information content (AvgIpc) is 2.85. The van der Waals surface area contributed by atoms with E-state index in [1.165, 1.54) is 12.1 Å². The molecule has 1 N–H and O–H groups in total. The molecule has 0 fully saturated rings. The predicted molar refractivity (Wildman–Crippen MR) is 68.9 cm³/mol. The van der Waals surface area contributed by atoms with Gasteiger partial charge in [0.1, 0.15) is 5.02 Å². The molecule has 0 saturated carbocycles. The molecule has 0 saturated heterocycles. The molecule has 6 heteroatoms. The molecule has 0 radical (unpaired) electrons. The second-order valence-electron chi connectivity index (χ2n) is 3.85. The summed E-state index contributed by atoms with van der Waals surface area (Å²) in [7, 11) is 0. The first-order valence-corrected chi connectivity index (χ1v) is 5.68. The number of rotatable bonds is 4. The van der Waals surface area contributed by atoms with Crippen molar-refractivity contribution in [1.29, 1.82) is 0 Å². The fraction of sp³-hybridized carbons (Fsp3) is 0.167. The zero-order valence-corrected chi connectivity index (χ0v) is 10.3. The molecule has 1 heterocycles. The van der Waals surface area contributed by atoms with Crippen molar-refractivity contribution in [2.75, 3.05) is 5.32 Å². The van der Waals surface area contributed by atoms with Gasteiger partial charge in [-0.25, -0.2) is 0 Å². The maximum absolute atomic E-state index is 10.8. The average molecular weight is 267 g/mol. The molecular weight excluding hydrogens is 256 g/mol. The number of nitro benzene ring substituents is 1. The molecule has 18 heavy (non-hydrogen) atoms. The highest BCUT2D eigenvalue weighted by molar-refractivity contribution is 6.32. The number of nitro groups is 1. The van der Waals surface area contributed by atoms with Crippen molar-refractivity contribution >= 4 is 23.0 Å². The lowest BCUT2D eigenvalue weighted by molar-refractivity contribution is -0.384. The highest BCUT2D eigenvalue weighted by atomic mass is 35.5. The van der Waals surface area contributed by atoms with Crippen LogP contribution in [0.1, 0.15) is 18.5 Å². The molecule has 0 spiro atoms. The van der Waals surface area contributed by atoms with Gasteiger partial charge in [0, 0.05) is 17.3 Å². The Labute approximate surface area is 109 Å². The smallest absolute Gasteiger partial charge is 0.289 e. The molecule has 2 aromatic rings. The number of halogens is 1. The van der Waals surface area contributed by atoms with E-state index in [0.29, 0.717) is 5.69 Å². The molecule has 0 aliphatic heterocycles. The van der Waals surface area contributed by atoms with E-state index in [4.69, 9.17) is 16.0 Å². The maximum atomic E-state index is 10.8. The summed E-state index contributed by atoms with van der Waals surface area (Å²) in [6, 6.07) is 6.45. The summed E-state index contributed by atoms with van der Waals surface area (Å²) in [5, 5.41) is 14.0. The zero-order valence-electron chi connectivity index (χ0n) is 9.59. The molecule has 1 aromatic heterocycles. The van der Waals surface area contributed by atoms with Crippen LogP contribution < -0.4 is 5.32 Å². The Kier molecular flexibility index (Phi) is 3.53. The fourth-order valence-electron chi connectivity index (χ4n) is 1.60. The van der Waals surface area contributed by atoms with Crippen LogP contribution in [0.5, 0.6) is 0 Å². The lowest BCUT2D eigenvalue weighted by Crippen LogP contribution is -2.05. The number of furan rings is 1. The summed E-state index contributed by atoms with van der Waals surface area (Å²) in [4.78, 5) is 10.3. The van der Waals surface area contributed by atoms with Crippen LogP contribution in [0, 0.1) is 10.1 Å². The monoisotopic (exact) mass is 266 g/mol. The SMILES string of the molecule is CC(Nc1ccc(Cl)c([N+](=O)[O-])c1)c1ccoc1. The van der Waals surface area contributed by atoms with Gasteiger partial charge in [-0.3, -0.25) is 10.1 Å². The van der Waals surface area contributed by atoms with Crippen LogP contribution in [0.3, 0.4) is 0 Å². The van der Waals surface area contributed by atoms with E-state index in [-0.39, 0.29) is 16.8 Å². The number of hydrogen-bond acceptors (Lipinski definition) is 4. The molecule has 94 valence electrons. The third kappa shape index (κ3) is 2.62. The van der Waals surface area contributed by atoms with Crippen molar-refractivity contribution in [3.8, 4) is 0 Å². The van der Waals surface area contributed by atoms with Crippen molar-refractivity contribution in [1.82, 2.24) is 0 Å². The van der Waals surface area contributed by atoms with Crippen LogP contribution >= 0.6 is 11.6 Å².